The van der Waals surface area contributed by atoms with Gasteiger partial charge in [0.05, 0.1) is 0 Å². The smallest absolute Gasteiger partial charge is 0.377 e. The number of rotatable bonds is 8. The monoisotopic (exact) mass is 296 g/mol. The first-order valence-electron chi connectivity index (χ1n) is 5.89. The van der Waals surface area contributed by atoms with Crippen LogP contribution in [0.25, 0.3) is 0 Å². The van der Waals surface area contributed by atoms with Gasteiger partial charge >= 0.3 is 8.80 Å². The van der Waals surface area contributed by atoms with Crippen LogP contribution in [-0.4, -0.2) is 43.1 Å². The Morgan fingerprint density at radius 1 is 0.941 bits per heavy atom. The Morgan fingerprint density at radius 3 is 1.65 bits per heavy atom. The second-order valence-electron chi connectivity index (χ2n) is 6.04. The Morgan fingerprint density at radius 2 is 1.35 bits per heavy atom. The number of hydrogen-bond acceptors (Lipinski definition) is 4. The lowest BCUT2D eigenvalue weighted by Crippen LogP contribution is -2.47. The molecule has 3 nitrogen and oxygen atoms in total. The molecule has 17 heavy (non-hydrogen) atoms. The first-order chi connectivity index (χ1) is 7.60. The molecule has 0 amide bonds. The molecule has 0 radical (unpaired) electrons. The van der Waals surface area contributed by atoms with Crippen LogP contribution >= 0.6 is 11.2 Å². The van der Waals surface area contributed by atoms with Crippen molar-refractivity contribution in [1.82, 2.24) is 0 Å². The Bertz CT molecular complexity index is 217. The maximum absolute atomic E-state index is 5.50. The molecule has 0 unspecified atom stereocenters. The SMILES string of the molecule is CO[Si](CC(C)(C)CS[Si](C)(C)C)(OC)OC. The van der Waals surface area contributed by atoms with Crippen molar-refractivity contribution in [3.8, 4) is 0 Å². The van der Waals surface area contributed by atoms with Crippen molar-refractivity contribution in [1.29, 1.82) is 0 Å². The van der Waals surface area contributed by atoms with Crippen molar-refractivity contribution in [3.63, 3.8) is 0 Å². The highest BCUT2D eigenvalue weighted by atomic mass is 32.4. The van der Waals surface area contributed by atoms with Gasteiger partial charge in [0.1, 0.15) is 7.22 Å². The summed E-state index contributed by atoms with van der Waals surface area (Å²) >= 11 is 2.11. The molecule has 0 aromatic rings. The zero-order valence-electron chi connectivity index (χ0n) is 12.5. The van der Waals surface area contributed by atoms with Crippen LogP contribution in [0.2, 0.25) is 25.7 Å². The van der Waals surface area contributed by atoms with E-state index in [-0.39, 0.29) is 5.41 Å². The molecule has 0 aliphatic rings. The molecule has 0 heterocycles. The molecule has 0 aliphatic heterocycles. The summed E-state index contributed by atoms with van der Waals surface area (Å²) in [6.45, 7) is 11.7. The molecule has 0 N–H and O–H groups in total. The standard InChI is InChI=1S/C11H28O3SSi2/c1-11(2,9-15-16(6,7)8)10-17(12-3,13-4)14-5/h9-10H2,1-8H3. The van der Waals surface area contributed by atoms with Gasteiger partial charge in [-0.15, -0.1) is 0 Å². The molecular weight excluding hydrogens is 268 g/mol. The molecule has 0 saturated carbocycles. The topological polar surface area (TPSA) is 27.7 Å². The maximum atomic E-state index is 5.50. The summed E-state index contributed by atoms with van der Waals surface area (Å²) in [5.74, 6) is 1.13. The fourth-order valence-corrected chi connectivity index (χ4v) is 7.32. The lowest BCUT2D eigenvalue weighted by atomic mass is 10.00. The van der Waals surface area contributed by atoms with E-state index < -0.39 is 16.0 Å². The molecule has 0 spiro atoms. The third-order valence-electron chi connectivity index (χ3n) is 2.52. The lowest BCUT2D eigenvalue weighted by molar-refractivity contribution is 0.113. The van der Waals surface area contributed by atoms with Crippen molar-refractivity contribution >= 4 is 27.2 Å². The molecule has 0 aromatic carbocycles. The third-order valence-corrected chi connectivity index (χ3v) is 10.6. The van der Waals surface area contributed by atoms with Gasteiger partial charge in [-0.1, -0.05) is 33.5 Å². The predicted octanol–water partition coefficient (Wildman–Crippen LogP) is 3.46. The van der Waals surface area contributed by atoms with Gasteiger partial charge in [0.2, 0.25) is 0 Å². The lowest BCUT2D eigenvalue weighted by Gasteiger charge is -2.34. The summed E-state index contributed by atoms with van der Waals surface area (Å²) in [5.41, 5.74) is 0.180. The minimum absolute atomic E-state index is 0.180. The Balaban J connectivity index is 4.50. The third kappa shape index (κ3) is 6.98. The molecule has 0 bridgehead atoms. The minimum atomic E-state index is -2.45. The quantitative estimate of drug-likeness (QED) is 0.641. The van der Waals surface area contributed by atoms with E-state index >= 15 is 0 Å². The van der Waals surface area contributed by atoms with Gasteiger partial charge < -0.3 is 13.3 Å². The largest absolute Gasteiger partial charge is 0.500 e. The van der Waals surface area contributed by atoms with E-state index in [1.165, 1.54) is 0 Å². The van der Waals surface area contributed by atoms with Crippen LogP contribution in [0.1, 0.15) is 13.8 Å². The first-order valence-corrected chi connectivity index (χ1v) is 13.0. The fraction of sp³-hybridized carbons (Fsp3) is 1.00. The molecule has 0 rings (SSSR count). The molecule has 104 valence electrons. The van der Waals surface area contributed by atoms with Gasteiger partial charge in [-0.3, -0.25) is 0 Å². The van der Waals surface area contributed by atoms with Gasteiger partial charge in [0.25, 0.3) is 0 Å². The van der Waals surface area contributed by atoms with E-state index in [0.717, 1.165) is 11.8 Å². The zero-order valence-corrected chi connectivity index (χ0v) is 15.4. The van der Waals surface area contributed by atoms with Crippen LogP contribution < -0.4 is 0 Å². The van der Waals surface area contributed by atoms with Crippen LogP contribution in [0.5, 0.6) is 0 Å². The average Bonchev–Trinajstić information content (AvgIpc) is 2.23. The average molecular weight is 297 g/mol. The van der Waals surface area contributed by atoms with Crippen molar-refractivity contribution in [2.75, 3.05) is 27.1 Å². The minimum Gasteiger partial charge on any atom is -0.377 e. The highest BCUT2D eigenvalue weighted by molar-refractivity contribution is 8.28. The maximum Gasteiger partial charge on any atom is 0.500 e. The Labute approximate surface area is 113 Å². The van der Waals surface area contributed by atoms with Gasteiger partial charge in [0.15, 0.2) is 0 Å². The van der Waals surface area contributed by atoms with Crippen LogP contribution in [0.4, 0.5) is 0 Å². The van der Waals surface area contributed by atoms with E-state index in [4.69, 9.17) is 13.3 Å². The van der Waals surface area contributed by atoms with Crippen molar-refractivity contribution in [2.45, 2.75) is 39.5 Å². The van der Waals surface area contributed by atoms with Crippen LogP contribution in [-0.2, 0) is 13.3 Å². The van der Waals surface area contributed by atoms with E-state index in [9.17, 15) is 0 Å². The van der Waals surface area contributed by atoms with E-state index in [2.05, 4.69) is 44.7 Å². The molecular formula is C11H28O3SSi2. The van der Waals surface area contributed by atoms with Crippen LogP contribution in [0, 0.1) is 5.41 Å². The molecule has 0 atom stereocenters. The van der Waals surface area contributed by atoms with E-state index in [1.807, 2.05) is 0 Å². The summed E-state index contributed by atoms with van der Waals surface area (Å²) in [7, 11) is 1.53. The normalized spacial score (nSPS) is 14.1. The van der Waals surface area contributed by atoms with Crippen LogP contribution in [0.3, 0.4) is 0 Å². The summed E-state index contributed by atoms with van der Waals surface area (Å²) in [6.07, 6.45) is 0. The highest BCUT2D eigenvalue weighted by Crippen LogP contribution is 2.35. The van der Waals surface area contributed by atoms with Gasteiger partial charge in [0, 0.05) is 27.4 Å². The molecule has 0 fully saturated rings. The van der Waals surface area contributed by atoms with Gasteiger partial charge in [-0.05, 0) is 11.2 Å². The molecule has 0 saturated heterocycles. The van der Waals surface area contributed by atoms with Gasteiger partial charge in [-0.25, -0.2) is 0 Å². The fourth-order valence-electron chi connectivity index (χ4n) is 1.52. The zero-order chi connectivity index (χ0) is 13.7. The van der Waals surface area contributed by atoms with E-state index in [1.54, 1.807) is 21.3 Å². The van der Waals surface area contributed by atoms with Crippen molar-refractivity contribution in [3.05, 3.63) is 0 Å². The molecule has 0 aromatic heterocycles. The Hall–Kier alpha value is 0.664. The summed E-state index contributed by atoms with van der Waals surface area (Å²) < 4.78 is 16.5. The summed E-state index contributed by atoms with van der Waals surface area (Å²) in [6, 6.07) is 0.862. The summed E-state index contributed by atoms with van der Waals surface area (Å²) in [4.78, 5) is 0. The number of hydrogen-bond donors (Lipinski definition) is 0. The molecule has 0 aliphatic carbocycles. The second-order valence-corrected chi connectivity index (χ2v) is 18.3. The summed E-state index contributed by atoms with van der Waals surface area (Å²) in [5, 5.41) is 0. The first kappa shape index (κ1) is 17.7. The van der Waals surface area contributed by atoms with E-state index in [0.29, 0.717) is 0 Å². The molecule has 6 heteroatoms. The predicted molar refractivity (Wildman–Crippen MR) is 81.2 cm³/mol. The highest BCUT2D eigenvalue weighted by Gasteiger charge is 2.43. The second kappa shape index (κ2) is 6.72. The Kier molecular flexibility index (Phi) is 6.98. The van der Waals surface area contributed by atoms with Gasteiger partial charge in [-0.2, -0.15) is 11.2 Å². The van der Waals surface area contributed by atoms with Crippen molar-refractivity contribution < 1.29 is 13.3 Å². The van der Waals surface area contributed by atoms with Crippen molar-refractivity contribution in [2.24, 2.45) is 5.41 Å². The van der Waals surface area contributed by atoms with Crippen LogP contribution in [0.15, 0.2) is 0 Å².